The summed E-state index contributed by atoms with van der Waals surface area (Å²) >= 11 is 0. The lowest BCUT2D eigenvalue weighted by Crippen LogP contribution is -2.45. The summed E-state index contributed by atoms with van der Waals surface area (Å²) in [6.45, 7) is 6.48. The second-order valence-corrected chi connectivity index (χ2v) is 7.59. The van der Waals surface area contributed by atoms with Crippen molar-refractivity contribution < 1.29 is 13.9 Å². The van der Waals surface area contributed by atoms with Crippen LogP contribution in [0.2, 0.25) is 0 Å². The lowest BCUT2D eigenvalue weighted by atomic mass is 10.1. The van der Waals surface area contributed by atoms with E-state index in [9.17, 15) is 4.79 Å². The summed E-state index contributed by atoms with van der Waals surface area (Å²) < 4.78 is 13.1. The predicted molar refractivity (Wildman–Crippen MR) is 114 cm³/mol. The Morgan fingerprint density at radius 3 is 2.74 bits per heavy atom. The lowest BCUT2D eigenvalue weighted by molar-refractivity contribution is 0.0121. The molecule has 1 fully saturated rings. The number of nitrogens with zero attached hydrogens (tertiary/aromatic N) is 4. The van der Waals surface area contributed by atoms with Crippen LogP contribution in [0.4, 0.5) is 4.79 Å². The summed E-state index contributed by atoms with van der Waals surface area (Å²) in [6.07, 6.45) is 3.20. The molecule has 1 unspecified atom stereocenters. The highest BCUT2D eigenvalue weighted by molar-refractivity contribution is 5.73. The number of furan rings is 1. The van der Waals surface area contributed by atoms with Crippen molar-refractivity contribution in [3.63, 3.8) is 0 Å². The zero-order chi connectivity index (χ0) is 21.5. The molecule has 2 amide bonds. The lowest BCUT2D eigenvalue weighted by Gasteiger charge is -2.33. The smallest absolute Gasteiger partial charge is 0.315 e. The molecule has 3 aromatic rings. The molecule has 1 atom stereocenters. The van der Waals surface area contributed by atoms with Crippen molar-refractivity contribution in [2.45, 2.75) is 26.1 Å². The van der Waals surface area contributed by atoms with E-state index >= 15 is 0 Å². The summed E-state index contributed by atoms with van der Waals surface area (Å²) in [6, 6.07) is 11.8. The van der Waals surface area contributed by atoms with Gasteiger partial charge in [0.2, 0.25) is 0 Å². The first-order chi connectivity index (χ1) is 15.2. The topological polar surface area (TPSA) is 97.5 Å². The van der Waals surface area contributed by atoms with Crippen LogP contribution in [0.1, 0.15) is 28.7 Å². The van der Waals surface area contributed by atoms with E-state index in [1.807, 2.05) is 37.3 Å². The van der Waals surface area contributed by atoms with Crippen molar-refractivity contribution in [2.75, 3.05) is 32.8 Å². The third kappa shape index (κ3) is 5.93. The summed E-state index contributed by atoms with van der Waals surface area (Å²) in [4.78, 5) is 18.7. The number of urea groups is 1. The molecular formula is C22H28N6O3. The molecule has 31 heavy (non-hydrogen) atoms. The predicted octanol–water partition coefficient (Wildman–Crippen LogP) is 2.10. The number of aromatic nitrogens is 3. The number of aryl methyl sites for hydroxylation is 1. The van der Waals surface area contributed by atoms with Crippen LogP contribution in [0.5, 0.6) is 0 Å². The fourth-order valence-electron chi connectivity index (χ4n) is 3.70. The van der Waals surface area contributed by atoms with E-state index in [2.05, 4.69) is 31.7 Å². The highest BCUT2D eigenvalue weighted by Gasteiger charge is 2.25. The number of carbonyl (C=O) groups excluding carboxylic acids is 1. The van der Waals surface area contributed by atoms with Crippen molar-refractivity contribution in [2.24, 2.45) is 0 Å². The van der Waals surface area contributed by atoms with Crippen molar-refractivity contribution in [1.29, 1.82) is 0 Å². The highest BCUT2D eigenvalue weighted by Crippen LogP contribution is 2.23. The van der Waals surface area contributed by atoms with Crippen LogP contribution >= 0.6 is 0 Å². The van der Waals surface area contributed by atoms with Gasteiger partial charge in [-0.15, -0.1) is 0 Å². The molecule has 1 aromatic carbocycles. The monoisotopic (exact) mass is 424 g/mol. The standard InChI is InChI=1S/C22H28N6O3/c1-17-5-6-21(31-17)20(27-7-9-30-10-8-27)13-25-22(29)24-12-18-3-2-4-19(11-18)14-28-16-23-15-26-28/h2-6,11,15-16,20H,7-10,12-14H2,1H3,(H2,24,25,29). The molecule has 3 heterocycles. The number of morpholine rings is 1. The maximum atomic E-state index is 12.5. The van der Waals surface area contributed by atoms with E-state index in [0.717, 1.165) is 35.7 Å². The number of nitrogens with one attached hydrogen (secondary N) is 2. The highest BCUT2D eigenvalue weighted by atomic mass is 16.5. The molecule has 9 nitrogen and oxygen atoms in total. The van der Waals surface area contributed by atoms with Crippen LogP contribution in [-0.2, 0) is 17.8 Å². The molecule has 0 bridgehead atoms. The molecule has 164 valence electrons. The van der Waals surface area contributed by atoms with Gasteiger partial charge in [-0.1, -0.05) is 24.3 Å². The van der Waals surface area contributed by atoms with Gasteiger partial charge in [0, 0.05) is 26.2 Å². The number of hydrogen-bond donors (Lipinski definition) is 2. The molecule has 0 aliphatic carbocycles. The molecule has 2 aromatic heterocycles. The molecular weight excluding hydrogens is 396 g/mol. The van der Waals surface area contributed by atoms with Crippen LogP contribution in [-0.4, -0.2) is 58.5 Å². The number of ether oxygens (including phenoxy) is 1. The third-order valence-electron chi connectivity index (χ3n) is 5.29. The number of rotatable bonds is 8. The van der Waals surface area contributed by atoms with Gasteiger partial charge in [0.1, 0.15) is 24.2 Å². The van der Waals surface area contributed by atoms with Gasteiger partial charge in [0.25, 0.3) is 0 Å². The number of carbonyl (C=O) groups is 1. The molecule has 1 aliphatic heterocycles. The Bertz CT molecular complexity index is 965. The van der Waals surface area contributed by atoms with Crippen molar-refractivity contribution >= 4 is 6.03 Å². The number of benzene rings is 1. The largest absolute Gasteiger partial charge is 0.465 e. The van der Waals surface area contributed by atoms with Gasteiger partial charge in [-0.05, 0) is 30.2 Å². The SMILES string of the molecule is Cc1ccc(C(CNC(=O)NCc2cccc(Cn3cncn3)c2)N2CCOCC2)o1. The van der Waals surface area contributed by atoms with Gasteiger partial charge in [0.05, 0.1) is 25.8 Å². The summed E-state index contributed by atoms with van der Waals surface area (Å²) in [7, 11) is 0. The Morgan fingerprint density at radius 2 is 2.00 bits per heavy atom. The molecule has 0 saturated carbocycles. The zero-order valence-electron chi connectivity index (χ0n) is 17.7. The van der Waals surface area contributed by atoms with Gasteiger partial charge < -0.3 is 19.8 Å². The second-order valence-electron chi connectivity index (χ2n) is 7.59. The minimum absolute atomic E-state index is 0.0191. The Labute approximate surface area is 181 Å². The quantitative estimate of drug-likeness (QED) is 0.575. The minimum atomic E-state index is -0.205. The molecule has 9 heteroatoms. The van der Waals surface area contributed by atoms with Crippen LogP contribution in [0.25, 0.3) is 0 Å². The van der Waals surface area contributed by atoms with E-state index in [1.54, 1.807) is 11.0 Å². The Hall–Kier alpha value is -3.17. The van der Waals surface area contributed by atoms with E-state index < -0.39 is 0 Å². The fourth-order valence-corrected chi connectivity index (χ4v) is 3.70. The molecule has 0 spiro atoms. The Balaban J connectivity index is 1.30. The maximum absolute atomic E-state index is 12.5. The van der Waals surface area contributed by atoms with Gasteiger partial charge in [0.15, 0.2) is 0 Å². The first-order valence-corrected chi connectivity index (χ1v) is 10.5. The molecule has 1 aliphatic rings. The maximum Gasteiger partial charge on any atom is 0.315 e. The minimum Gasteiger partial charge on any atom is -0.465 e. The van der Waals surface area contributed by atoms with E-state index in [4.69, 9.17) is 9.15 Å². The fraction of sp³-hybridized carbons (Fsp3) is 0.409. The molecule has 0 radical (unpaired) electrons. The summed E-state index contributed by atoms with van der Waals surface area (Å²) in [5, 5.41) is 10.1. The average molecular weight is 425 g/mol. The van der Waals surface area contributed by atoms with Crippen LogP contribution in [0, 0.1) is 6.92 Å². The normalized spacial score (nSPS) is 15.5. The van der Waals surface area contributed by atoms with Crippen molar-refractivity contribution in [1.82, 2.24) is 30.3 Å². The summed E-state index contributed by atoms with van der Waals surface area (Å²) in [5.74, 6) is 1.73. The van der Waals surface area contributed by atoms with E-state index in [0.29, 0.717) is 32.8 Å². The third-order valence-corrected chi connectivity index (χ3v) is 5.29. The van der Waals surface area contributed by atoms with Gasteiger partial charge in [-0.25, -0.2) is 14.5 Å². The first kappa shape index (κ1) is 21.1. The van der Waals surface area contributed by atoms with E-state index in [1.165, 1.54) is 6.33 Å². The van der Waals surface area contributed by atoms with E-state index in [-0.39, 0.29) is 12.1 Å². The van der Waals surface area contributed by atoms with Crippen molar-refractivity contribution in [3.8, 4) is 0 Å². The number of hydrogen-bond acceptors (Lipinski definition) is 6. The average Bonchev–Trinajstić information content (AvgIpc) is 3.45. The Kier molecular flexibility index (Phi) is 6.96. The number of amides is 2. The van der Waals surface area contributed by atoms with Gasteiger partial charge in [-0.3, -0.25) is 4.90 Å². The van der Waals surface area contributed by atoms with Crippen LogP contribution in [0.15, 0.2) is 53.5 Å². The second kappa shape index (κ2) is 10.2. The first-order valence-electron chi connectivity index (χ1n) is 10.5. The Morgan fingerprint density at radius 1 is 1.16 bits per heavy atom. The molecule has 1 saturated heterocycles. The van der Waals surface area contributed by atoms with Crippen LogP contribution in [0.3, 0.4) is 0 Å². The van der Waals surface area contributed by atoms with Gasteiger partial charge in [-0.2, -0.15) is 5.10 Å². The molecule has 2 N–H and O–H groups in total. The summed E-state index contributed by atoms with van der Waals surface area (Å²) in [5.41, 5.74) is 2.13. The van der Waals surface area contributed by atoms with Gasteiger partial charge >= 0.3 is 6.03 Å². The van der Waals surface area contributed by atoms with Crippen LogP contribution < -0.4 is 10.6 Å². The molecule has 4 rings (SSSR count). The zero-order valence-corrected chi connectivity index (χ0v) is 17.7. The van der Waals surface area contributed by atoms with Crippen molar-refractivity contribution in [3.05, 3.63) is 71.7 Å².